The van der Waals surface area contributed by atoms with Gasteiger partial charge in [0.2, 0.25) is 0 Å². The van der Waals surface area contributed by atoms with E-state index in [4.69, 9.17) is 33.4 Å². The Morgan fingerprint density at radius 1 is 0.917 bits per heavy atom. The van der Waals surface area contributed by atoms with Crippen LogP contribution in [0.4, 0.5) is 0 Å². The van der Waals surface area contributed by atoms with Crippen molar-refractivity contribution in [2.24, 2.45) is 5.14 Å². The fourth-order valence-corrected chi connectivity index (χ4v) is 1.34. The molecule has 0 rings (SSSR count). The van der Waals surface area contributed by atoms with Crippen LogP contribution in [0.2, 0.25) is 0 Å². The smallest absolute Gasteiger partial charge is 0.330 e. The number of carbonyl (C=O) groups is 2. The summed E-state index contributed by atoms with van der Waals surface area (Å²) < 4.78 is 25.2. The number of aliphatic hydroxyl groups excluding tert-OH is 1. The van der Waals surface area contributed by atoms with Gasteiger partial charge in [0, 0.05) is 12.8 Å². The summed E-state index contributed by atoms with van der Waals surface area (Å²) in [5.74, 6) is -1.52. The predicted octanol–water partition coefficient (Wildman–Crippen LogP) is 0.731. The van der Waals surface area contributed by atoms with E-state index < -0.39 is 28.5 Å². The van der Waals surface area contributed by atoms with E-state index in [0.29, 0.717) is 19.3 Å². The Morgan fingerprint density at radius 3 is 1.38 bits per heavy atom. The van der Waals surface area contributed by atoms with E-state index >= 15 is 0 Å². The van der Waals surface area contributed by atoms with Crippen LogP contribution in [0.5, 0.6) is 0 Å². The van der Waals surface area contributed by atoms with Crippen LogP contribution < -0.4 is 5.14 Å². The van der Waals surface area contributed by atoms with E-state index in [1.165, 1.54) is 0 Å². The molecule has 0 aromatic heterocycles. The normalized spacial score (nSPS) is 10.2. The van der Waals surface area contributed by atoms with Gasteiger partial charge in [0.1, 0.15) is 0 Å². The highest BCUT2D eigenvalue weighted by Gasteiger charge is 1.98. The molecule has 0 aromatic rings. The van der Waals surface area contributed by atoms with Gasteiger partial charge in [0.15, 0.2) is 6.29 Å². The lowest BCUT2D eigenvalue weighted by Gasteiger charge is -1.97. The zero-order chi connectivity index (χ0) is 19.6. The topological polar surface area (TPSA) is 195 Å². The number of aliphatic hydroxyl groups is 2. The summed E-state index contributed by atoms with van der Waals surface area (Å²) in [6.07, 6.45) is 4.74. The van der Waals surface area contributed by atoms with Gasteiger partial charge >= 0.3 is 22.2 Å². The largest absolute Gasteiger partial charge is 0.481 e. The second kappa shape index (κ2) is 18.1. The summed E-state index contributed by atoms with van der Waals surface area (Å²) in [6.45, 7) is 1.90. The lowest BCUT2D eigenvalue weighted by atomic mass is 10.1. The second-order valence-corrected chi connectivity index (χ2v) is 5.87. The zero-order valence-corrected chi connectivity index (χ0v) is 14.6. The molecule has 0 radical (unpaired) electrons. The highest BCUT2D eigenvalue weighted by Crippen LogP contribution is 2.06. The number of carboxylic acid groups (broad SMARTS) is 2. The molecule has 146 valence electrons. The maximum Gasteiger partial charge on any atom is 0.330 e. The van der Waals surface area contributed by atoms with Crippen molar-refractivity contribution in [2.45, 2.75) is 71.0 Å². The molecule has 0 unspecified atom stereocenters. The van der Waals surface area contributed by atoms with E-state index in [1.54, 1.807) is 0 Å². The molecule has 11 heteroatoms. The maximum atomic E-state index is 10.1. The molecule has 7 N–H and O–H groups in total. The van der Waals surface area contributed by atoms with Gasteiger partial charge in [0.05, 0.1) is 0 Å². The molecule has 0 aliphatic rings. The fourth-order valence-electron chi connectivity index (χ4n) is 1.34. The third kappa shape index (κ3) is 58.6. The zero-order valence-electron chi connectivity index (χ0n) is 13.8. The van der Waals surface area contributed by atoms with Gasteiger partial charge in [-0.3, -0.25) is 14.1 Å². The van der Waals surface area contributed by atoms with E-state index in [0.717, 1.165) is 25.7 Å². The molecule has 0 aromatic carbocycles. The molecule has 0 saturated carbocycles. The van der Waals surface area contributed by atoms with Crippen LogP contribution >= 0.6 is 0 Å². The average molecular weight is 375 g/mol. The summed E-state index contributed by atoms with van der Waals surface area (Å²) in [7, 11) is -4.17. The number of aliphatic carboxylic acids is 2. The summed E-state index contributed by atoms with van der Waals surface area (Å²) in [5, 5.41) is 36.7. The van der Waals surface area contributed by atoms with Gasteiger partial charge < -0.3 is 20.4 Å². The van der Waals surface area contributed by atoms with Gasteiger partial charge in [-0.05, 0) is 19.3 Å². The van der Waals surface area contributed by atoms with Crippen molar-refractivity contribution in [1.29, 1.82) is 0 Å². The van der Waals surface area contributed by atoms with E-state index in [2.05, 4.69) is 5.14 Å². The standard InChI is InChI=1S/C9H16O4.C4H10O2.H3NO3S/c10-8(11)6-4-2-1-3-5-7-9(12)13;1-2-3-4(5)6;1-5(2,3)4/h1-7H2,(H,10,11)(H,12,13);4-6H,2-3H2,1H3;(H3,1,2,3,4). The van der Waals surface area contributed by atoms with Crippen LogP contribution in [0.25, 0.3) is 0 Å². The SMILES string of the molecule is CCCC(O)O.NS(=O)(=O)O.O=C(O)CCCCCCCC(=O)O. The number of carboxylic acids is 2. The van der Waals surface area contributed by atoms with Crippen molar-refractivity contribution in [3.63, 3.8) is 0 Å². The second-order valence-electron chi connectivity index (χ2n) is 4.84. The third-order valence-electron chi connectivity index (χ3n) is 2.33. The minimum Gasteiger partial charge on any atom is -0.481 e. The quantitative estimate of drug-likeness (QED) is 0.181. The number of unbranched alkanes of at least 4 members (excludes halogenated alkanes) is 4. The first-order chi connectivity index (χ1) is 10.9. The Labute approximate surface area is 142 Å². The molecule has 10 nitrogen and oxygen atoms in total. The van der Waals surface area contributed by atoms with Gasteiger partial charge in [-0.25, -0.2) is 5.14 Å². The van der Waals surface area contributed by atoms with Crippen LogP contribution in [0, 0.1) is 0 Å². The highest BCUT2D eigenvalue weighted by molar-refractivity contribution is 7.83. The van der Waals surface area contributed by atoms with E-state index in [9.17, 15) is 9.59 Å². The molecular formula is C13H29NO9S. The van der Waals surface area contributed by atoms with Crippen molar-refractivity contribution in [3.05, 3.63) is 0 Å². The minimum atomic E-state index is -4.17. The lowest BCUT2D eigenvalue weighted by molar-refractivity contribution is -0.138. The van der Waals surface area contributed by atoms with E-state index in [-0.39, 0.29) is 12.8 Å². The van der Waals surface area contributed by atoms with Crippen molar-refractivity contribution in [2.75, 3.05) is 0 Å². The van der Waals surface area contributed by atoms with Crippen molar-refractivity contribution >= 4 is 22.2 Å². The van der Waals surface area contributed by atoms with Crippen LogP contribution in [0.3, 0.4) is 0 Å². The number of hydrogen-bond acceptors (Lipinski definition) is 6. The molecular weight excluding hydrogens is 346 g/mol. The third-order valence-corrected chi connectivity index (χ3v) is 2.33. The minimum absolute atomic E-state index is 0.221. The van der Waals surface area contributed by atoms with Gasteiger partial charge in [-0.15, -0.1) is 0 Å². The molecule has 24 heavy (non-hydrogen) atoms. The molecule has 0 heterocycles. The first-order valence-corrected chi connectivity index (χ1v) is 8.95. The molecule has 0 aliphatic carbocycles. The van der Waals surface area contributed by atoms with Gasteiger partial charge in [-0.1, -0.05) is 32.6 Å². The molecule has 0 atom stereocenters. The van der Waals surface area contributed by atoms with Crippen molar-refractivity contribution in [1.82, 2.24) is 0 Å². The molecule has 0 fully saturated rings. The lowest BCUT2D eigenvalue weighted by Crippen LogP contribution is -2.08. The van der Waals surface area contributed by atoms with Crippen LogP contribution in [-0.4, -0.2) is 51.6 Å². The molecule has 0 saturated heterocycles. The Morgan fingerprint density at radius 2 is 1.21 bits per heavy atom. The van der Waals surface area contributed by atoms with Crippen molar-refractivity contribution < 1.29 is 43.0 Å². The Balaban J connectivity index is -0.000000332. The summed E-state index contributed by atoms with van der Waals surface area (Å²) >= 11 is 0. The number of rotatable bonds is 10. The van der Waals surface area contributed by atoms with E-state index in [1.807, 2.05) is 6.92 Å². The summed E-state index contributed by atoms with van der Waals surface area (Å²) in [5.41, 5.74) is 0. The fraction of sp³-hybridized carbons (Fsp3) is 0.846. The predicted molar refractivity (Wildman–Crippen MR) is 86.5 cm³/mol. The van der Waals surface area contributed by atoms with Crippen LogP contribution in [0.15, 0.2) is 0 Å². The van der Waals surface area contributed by atoms with Crippen LogP contribution in [-0.2, 0) is 19.9 Å². The van der Waals surface area contributed by atoms with Crippen molar-refractivity contribution in [3.8, 4) is 0 Å². The van der Waals surface area contributed by atoms with Gasteiger partial charge in [-0.2, -0.15) is 8.42 Å². The summed E-state index contributed by atoms with van der Waals surface area (Å²) in [4.78, 5) is 20.2. The first kappa shape index (κ1) is 27.6. The van der Waals surface area contributed by atoms with Crippen LogP contribution in [0.1, 0.15) is 64.7 Å². The Hall–Kier alpha value is -1.27. The Kier molecular flexibility index (Phi) is 20.8. The first-order valence-electron chi connectivity index (χ1n) is 7.45. The number of hydrogen-bond donors (Lipinski definition) is 6. The molecule has 0 bridgehead atoms. The average Bonchev–Trinajstić information content (AvgIpc) is 2.35. The molecule has 0 spiro atoms. The maximum absolute atomic E-state index is 10.1. The monoisotopic (exact) mass is 375 g/mol. The van der Waals surface area contributed by atoms with Gasteiger partial charge in [0.25, 0.3) is 0 Å². The summed E-state index contributed by atoms with van der Waals surface area (Å²) in [6, 6.07) is 0. The molecule has 0 aliphatic heterocycles. The molecule has 0 amide bonds. The number of nitrogens with two attached hydrogens (primary N) is 1. The highest BCUT2D eigenvalue weighted by atomic mass is 32.2. The Bertz CT molecular complexity index is 384.